The number of pyridine rings is 1. The number of hydrogen-bond donors (Lipinski definition) is 1. The lowest BCUT2D eigenvalue weighted by Gasteiger charge is -2.07. The molecule has 2 N–H and O–H groups in total. The van der Waals surface area contributed by atoms with Gasteiger partial charge in [-0.3, -0.25) is 0 Å². The van der Waals surface area contributed by atoms with Crippen molar-refractivity contribution in [3.63, 3.8) is 0 Å². The summed E-state index contributed by atoms with van der Waals surface area (Å²) in [6.07, 6.45) is 0. The van der Waals surface area contributed by atoms with Gasteiger partial charge in [-0.15, -0.1) is 0 Å². The Labute approximate surface area is 111 Å². The van der Waals surface area contributed by atoms with Crippen LogP contribution in [0, 0.1) is 0 Å². The summed E-state index contributed by atoms with van der Waals surface area (Å²) in [5, 5.41) is 1.08. The maximum absolute atomic E-state index is 5.71. The lowest BCUT2D eigenvalue weighted by molar-refractivity contribution is 0.306. The smallest absolute Gasteiger partial charge is 0.124 e. The number of aromatic nitrogens is 1. The Kier molecular flexibility index (Phi) is 3.02. The van der Waals surface area contributed by atoms with Gasteiger partial charge in [-0.25, -0.2) is 4.98 Å². The quantitative estimate of drug-likeness (QED) is 0.775. The Morgan fingerprint density at radius 1 is 0.947 bits per heavy atom. The molecule has 0 atom stereocenters. The molecule has 3 rings (SSSR count). The van der Waals surface area contributed by atoms with Gasteiger partial charge in [-0.1, -0.05) is 30.3 Å². The van der Waals surface area contributed by atoms with Crippen LogP contribution in [0.4, 0.5) is 5.82 Å². The van der Waals surface area contributed by atoms with Crippen LogP contribution >= 0.6 is 0 Å². The summed E-state index contributed by atoms with van der Waals surface area (Å²) in [6.45, 7) is 0.524. The van der Waals surface area contributed by atoms with Gasteiger partial charge in [0.1, 0.15) is 18.2 Å². The standard InChI is InChI=1S/C16H14N2O/c17-16-9-8-13-7-6-12(10-15(13)18-16)11-19-14-4-2-1-3-5-14/h1-10H,11H2,(H2,17,18). The van der Waals surface area contributed by atoms with Crippen molar-refractivity contribution in [3.8, 4) is 5.75 Å². The maximum atomic E-state index is 5.71. The molecule has 0 fully saturated rings. The van der Waals surface area contributed by atoms with E-state index in [4.69, 9.17) is 10.5 Å². The Morgan fingerprint density at radius 2 is 1.74 bits per heavy atom. The molecule has 0 spiro atoms. The predicted molar refractivity (Wildman–Crippen MR) is 76.9 cm³/mol. The molecule has 0 aliphatic rings. The van der Waals surface area contributed by atoms with Gasteiger partial charge in [0.2, 0.25) is 0 Å². The number of nitrogens with two attached hydrogens (primary N) is 1. The summed E-state index contributed by atoms with van der Waals surface area (Å²) < 4.78 is 5.71. The third-order valence-corrected chi connectivity index (χ3v) is 2.93. The topological polar surface area (TPSA) is 48.1 Å². The van der Waals surface area contributed by atoms with Crippen molar-refractivity contribution >= 4 is 16.7 Å². The molecule has 0 radical (unpaired) electrons. The molecule has 0 aliphatic carbocycles. The highest BCUT2D eigenvalue weighted by atomic mass is 16.5. The second kappa shape index (κ2) is 4.98. The van der Waals surface area contributed by atoms with Gasteiger partial charge in [-0.2, -0.15) is 0 Å². The fourth-order valence-corrected chi connectivity index (χ4v) is 1.95. The minimum Gasteiger partial charge on any atom is -0.489 e. The van der Waals surface area contributed by atoms with E-state index in [1.807, 2.05) is 60.7 Å². The average Bonchev–Trinajstić information content (AvgIpc) is 2.46. The minimum atomic E-state index is 0.524. The van der Waals surface area contributed by atoms with Crippen molar-refractivity contribution in [1.29, 1.82) is 0 Å². The maximum Gasteiger partial charge on any atom is 0.124 e. The van der Waals surface area contributed by atoms with Crippen LogP contribution < -0.4 is 10.5 Å². The van der Waals surface area contributed by atoms with E-state index < -0.39 is 0 Å². The van der Waals surface area contributed by atoms with Crippen molar-refractivity contribution in [1.82, 2.24) is 4.98 Å². The van der Waals surface area contributed by atoms with E-state index in [0.717, 1.165) is 22.2 Å². The average molecular weight is 250 g/mol. The fraction of sp³-hybridized carbons (Fsp3) is 0.0625. The molecular formula is C16H14N2O. The summed E-state index contributed by atoms with van der Waals surface area (Å²) in [5.41, 5.74) is 7.67. The zero-order valence-electron chi connectivity index (χ0n) is 10.4. The van der Waals surface area contributed by atoms with E-state index in [1.54, 1.807) is 0 Å². The number of nitrogen functional groups attached to an aromatic ring is 1. The second-order valence-electron chi connectivity index (χ2n) is 4.36. The number of benzene rings is 2. The van der Waals surface area contributed by atoms with Crippen LogP contribution in [0.2, 0.25) is 0 Å². The van der Waals surface area contributed by atoms with Crippen LogP contribution in [-0.2, 0) is 6.61 Å². The Hall–Kier alpha value is -2.55. The molecule has 0 unspecified atom stereocenters. The first kappa shape index (κ1) is 11.5. The largest absolute Gasteiger partial charge is 0.489 e. The van der Waals surface area contributed by atoms with Crippen LogP contribution in [0.5, 0.6) is 5.75 Å². The van der Waals surface area contributed by atoms with Gasteiger partial charge >= 0.3 is 0 Å². The SMILES string of the molecule is Nc1ccc2ccc(COc3ccccc3)cc2n1. The number of hydrogen-bond acceptors (Lipinski definition) is 3. The molecule has 1 heterocycles. The Bertz CT molecular complexity index is 695. The van der Waals surface area contributed by atoms with Crippen LogP contribution in [0.3, 0.4) is 0 Å². The highest BCUT2D eigenvalue weighted by Gasteiger charge is 2.00. The van der Waals surface area contributed by atoms with E-state index in [1.165, 1.54) is 0 Å². The summed E-state index contributed by atoms with van der Waals surface area (Å²) in [6, 6.07) is 19.6. The van der Waals surface area contributed by atoms with E-state index in [9.17, 15) is 0 Å². The van der Waals surface area contributed by atoms with Gasteiger partial charge in [-0.05, 0) is 35.9 Å². The summed E-state index contributed by atoms with van der Waals surface area (Å²) in [7, 11) is 0. The Morgan fingerprint density at radius 3 is 2.58 bits per heavy atom. The first-order valence-electron chi connectivity index (χ1n) is 6.14. The zero-order chi connectivity index (χ0) is 13.1. The molecule has 94 valence electrons. The third-order valence-electron chi connectivity index (χ3n) is 2.93. The van der Waals surface area contributed by atoms with Crippen molar-refractivity contribution < 1.29 is 4.74 Å². The van der Waals surface area contributed by atoms with Gasteiger partial charge in [0.15, 0.2) is 0 Å². The first-order chi connectivity index (χ1) is 9.31. The molecule has 1 aromatic heterocycles. The molecule has 0 aliphatic heterocycles. The molecule has 3 nitrogen and oxygen atoms in total. The highest BCUT2D eigenvalue weighted by Crippen LogP contribution is 2.17. The van der Waals surface area contributed by atoms with Crippen molar-refractivity contribution in [2.75, 3.05) is 5.73 Å². The van der Waals surface area contributed by atoms with E-state index in [-0.39, 0.29) is 0 Å². The van der Waals surface area contributed by atoms with Crippen molar-refractivity contribution in [2.45, 2.75) is 6.61 Å². The number of para-hydroxylation sites is 1. The molecule has 2 aromatic carbocycles. The lowest BCUT2D eigenvalue weighted by atomic mass is 10.1. The van der Waals surface area contributed by atoms with Crippen LogP contribution in [0.1, 0.15) is 5.56 Å². The van der Waals surface area contributed by atoms with Gasteiger partial charge in [0.25, 0.3) is 0 Å². The number of anilines is 1. The molecule has 0 amide bonds. The fourth-order valence-electron chi connectivity index (χ4n) is 1.95. The molecule has 0 saturated heterocycles. The lowest BCUT2D eigenvalue weighted by Crippen LogP contribution is -1.96. The molecule has 3 aromatic rings. The van der Waals surface area contributed by atoms with Gasteiger partial charge in [0, 0.05) is 5.39 Å². The van der Waals surface area contributed by atoms with E-state index in [0.29, 0.717) is 12.4 Å². The second-order valence-corrected chi connectivity index (χ2v) is 4.36. The Balaban J connectivity index is 1.81. The monoisotopic (exact) mass is 250 g/mol. The molecule has 19 heavy (non-hydrogen) atoms. The third kappa shape index (κ3) is 2.65. The van der Waals surface area contributed by atoms with Gasteiger partial charge in [0.05, 0.1) is 5.52 Å². The molecule has 3 heteroatoms. The highest BCUT2D eigenvalue weighted by molar-refractivity contribution is 5.80. The molecular weight excluding hydrogens is 236 g/mol. The van der Waals surface area contributed by atoms with Gasteiger partial charge < -0.3 is 10.5 Å². The van der Waals surface area contributed by atoms with E-state index >= 15 is 0 Å². The molecule has 0 bridgehead atoms. The van der Waals surface area contributed by atoms with E-state index in [2.05, 4.69) is 4.98 Å². The van der Waals surface area contributed by atoms with Crippen molar-refractivity contribution in [3.05, 3.63) is 66.2 Å². The number of fused-ring (bicyclic) bond motifs is 1. The summed E-state index contributed by atoms with van der Waals surface area (Å²) in [4.78, 5) is 4.31. The summed E-state index contributed by atoms with van der Waals surface area (Å²) in [5.74, 6) is 1.40. The minimum absolute atomic E-state index is 0.524. The predicted octanol–water partition coefficient (Wildman–Crippen LogP) is 3.40. The number of nitrogens with zero attached hydrogens (tertiary/aromatic N) is 1. The molecule has 0 saturated carbocycles. The first-order valence-corrected chi connectivity index (χ1v) is 6.14. The number of ether oxygens (including phenoxy) is 1. The number of rotatable bonds is 3. The van der Waals surface area contributed by atoms with Crippen molar-refractivity contribution in [2.24, 2.45) is 0 Å². The zero-order valence-corrected chi connectivity index (χ0v) is 10.4. The van der Waals surface area contributed by atoms with Crippen LogP contribution in [0.25, 0.3) is 10.9 Å². The van der Waals surface area contributed by atoms with Crippen LogP contribution in [-0.4, -0.2) is 4.98 Å². The normalized spacial score (nSPS) is 10.5. The van der Waals surface area contributed by atoms with Crippen LogP contribution in [0.15, 0.2) is 60.7 Å². The summed E-state index contributed by atoms with van der Waals surface area (Å²) >= 11 is 0.